The van der Waals surface area contributed by atoms with Gasteiger partial charge < -0.3 is 50.7 Å². The van der Waals surface area contributed by atoms with Crippen LogP contribution >= 0.6 is 0 Å². The van der Waals surface area contributed by atoms with Gasteiger partial charge in [0.15, 0.2) is 17.6 Å². The van der Waals surface area contributed by atoms with Crippen molar-refractivity contribution in [3.05, 3.63) is 107 Å². The van der Waals surface area contributed by atoms with Crippen molar-refractivity contribution in [3.63, 3.8) is 0 Å². The van der Waals surface area contributed by atoms with Gasteiger partial charge in [-0.3, -0.25) is 4.90 Å². The number of hydrogen-bond donors (Lipinski definition) is 7. The summed E-state index contributed by atoms with van der Waals surface area (Å²) in [6, 6.07) is 28.5. The van der Waals surface area contributed by atoms with Crippen LogP contribution in [0.15, 0.2) is 84.9 Å². The lowest BCUT2D eigenvalue weighted by Crippen LogP contribution is -2.74. The number of likely N-dealkylation sites (tertiary alicyclic amines) is 1. The highest BCUT2D eigenvalue weighted by atomic mass is 16.5. The number of unbranched alkanes of at least 4 members (excludes halogenated alkanes) is 5. The number of nitrogens with one attached hydrogen (secondary N) is 5. The number of phenols is 1. The van der Waals surface area contributed by atoms with Crippen molar-refractivity contribution in [2.45, 2.75) is 107 Å². The van der Waals surface area contributed by atoms with Gasteiger partial charge in [-0.25, -0.2) is 0 Å². The predicted octanol–water partition coefficient (Wildman–Crippen LogP) is 9.10. The quantitative estimate of drug-likeness (QED) is 0.0319. The fraction of sp³-hybridized carbons (Fsp3) is 0.519. The molecule has 1 saturated heterocycles. The fourth-order valence-electron chi connectivity index (χ4n) is 11.5. The van der Waals surface area contributed by atoms with E-state index in [0.717, 1.165) is 124 Å². The van der Waals surface area contributed by atoms with Gasteiger partial charge in [-0.05, 0) is 150 Å². The van der Waals surface area contributed by atoms with Crippen LogP contribution in [0, 0.1) is 5.92 Å². The zero-order valence-electron chi connectivity index (χ0n) is 38.7. The van der Waals surface area contributed by atoms with Crippen LogP contribution in [-0.4, -0.2) is 98.3 Å². The highest BCUT2D eigenvalue weighted by Crippen LogP contribution is 2.69. The third-order valence-electron chi connectivity index (χ3n) is 14.9. The number of H-pyrrole nitrogens is 1. The van der Waals surface area contributed by atoms with E-state index in [2.05, 4.69) is 67.5 Å². The first-order valence-corrected chi connectivity index (χ1v) is 24.7. The molecule has 1 aromatic heterocycles. The predicted molar refractivity (Wildman–Crippen MR) is 262 cm³/mol. The number of aromatic hydroxyl groups is 1. The normalized spacial score (nSPS) is 22.3. The van der Waals surface area contributed by atoms with Crippen molar-refractivity contribution in [2.24, 2.45) is 5.92 Å². The topological polar surface area (TPSA) is 135 Å². The van der Waals surface area contributed by atoms with Crippen LogP contribution in [0.4, 0.5) is 11.4 Å². The van der Waals surface area contributed by atoms with Gasteiger partial charge in [-0.1, -0.05) is 61.4 Å². The van der Waals surface area contributed by atoms with E-state index in [0.29, 0.717) is 12.2 Å². The molecule has 2 fully saturated rings. The Balaban J connectivity index is 0.000000164. The number of piperidine rings is 1. The summed E-state index contributed by atoms with van der Waals surface area (Å²) in [6.07, 6.45) is 14.5. The van der Waals surface area contributed by atoms with Crippen LogP contribution in [0.25, 0.3) is 10.9 Å². The number of anilines is 2. The molecule has 7 N–H and O–H groups in total. The molecular weight excluding hydrogens is 813 g/mol. The number of hydrogen-bond acceptors (Lipinski definition) is 10. The molecule has 4 aromatic carbocycles. The van der Waals surface area contributed by atoms with E-state index >= 15 is 0 Å². The third kappa shape index (κ3) is 9.40. The molecule has 5 aromatic rings. The van der Waals surface area contributed by atoms with Crippen LogP contribution in [0.5, 0.6) is 23.0 Å². The van der Waals surface area contributed by atoms with Gasteiger partial charge in [-0.15, -0.1) is 0 Å². The van der Waals surface area contributed by atoms with Gasteiger partial charge in [0.2, 0.25) is 0 Å². The van der Waals surface area contributed by atoms with E-state index in [4.69, 9.17) is 14.2 Å². The molecule has 1 saturated carbocycles. The van der Waals surface area contributed by atoms with E-state index in [9.17, 15) is 10.2 Å². The Morgan fingerprint density at radius 1 is 0.723 bits per heavy atom. The minimum Gasteiger partial charge on any atom is -0.504 e. The van der Waals surface area contributed by atoms with Crippen molar-refractivity contribution < 1.29 is 24.4 Å². The molecule has 0 amide bonds. The lowest BCUT2D eigenvalue weighted by Gasteiger charge is -2.62. The lowest BCUT2D eigenvalue weighted by molar-refractivity contribution is -0.173. The Bertz CT molecular complexity index is 2280. The highest BCUT2D eigenvalue weighted by molar-refractivity contribution is 5.86. The molecule has 10 rings (SSSR count). The molecule has 11 nitrogen and oxygen atoms in total. The summed E-state index contributed by atoms with van der Waals surface area (Å²) in [5.41, 5.74) is 6.43. The van der Waals surface area contributed by atoms with E-state index in [1.54, 1.807) is 20.3 Å². The largest absolute Gasteiger partial charge is 0.504 e. The maximum atomic E-state index is 12.7. The standard InChI is InChI=1S/C28H46N4O2.C26H26N2O3/c1-33-27-17-7-5-15-25(27)31-23-13-11-21-29-19-9-3-4-10-20-30-22-12-14-24-32-26-16-6-8-18-28(26)34-2;29-19-8-7-15-11-20-26(30)12-17-16-3-1-2-4-18(16)27-22(17)24-25(26,21(15)23(19)31-24)9-10-28(20)13-14-5-6-14/h5-8,15-18,29-32H,3-4,9-14,19-24H2,1-2H3;1-4,7-8,14,20,24,27,29-30H,5-6,9-13H2/t;20?,24-,25?,26+/m.0/s1. The number of aliphatic hydroxyl groups is 1. The molecule has 2 aliphatic heterocycles. The van der Waals surface area contributed by atoms with Crippen molar-refractivity contribution in [1.82, 2.24) is 20.5 Å². The van der Waals surface area contributed by atoms with Crippen LogP contribution < -0.4 is 35.5 Å². The van der Waals surface area contributed by atoms with Gasteiger partial charge in [0.05, 0.1) is 42.3 Å². The van der Waals surface area contributed by atoms with Crippen molar-refractivity contribution in [1.29, 1.82) is 0 Å². The SMILES string of the molecule is COc1ccccc1NCCCCNCCCCCCNCCCCNc1ccccc1OC.Oc1ccc2c3c1O[C@H]1c4[nH]c5ccccc5c4C[C@@]4(O)C(C2)N(CC2CC2)CCC314. The number of methoxy groups -OCH3 is 2. The van der Waals surface area contributed by atoms with E-state index in [-0.39, 0.29) is 17.9 Å². The summed E-state index contributed by atoms with van der Waals surface area (Å²) in [6.45, 7) is 8.49. The molecule has 4 atom stereocenters. The van der Waals surface area contributed by atoms with Crippen molar-refractivity contribution >= 4 is 22.3 Å². The number of phenolic OH excluding ortho intramolecular Hbond substituents is 1. The van der Waals surface area contributed by atoms with E-state index < -0.39 is 11.0 Å². The van der Waals surface area contributed by atoms with Crippen molar-refractivity contribution in [2.75, 3.05) is 77.2 Å². The number of rotatable bonds is 23. The summed E-state index contributed by atoms with van der Waals surface area (Å²) in [5, 5.41) is 38.7. The molecule has 11 heteroatoms. The van der Waals surface area contributed by atoms with Crippen LogP contribution in [0.1, 0.15) is 99.1 Å². The maximum Gasteiger partial charge on any atom is 0.166 e. The zero-order valence-corrected chi connectivity index (χ0v) is 38.7. The third-order valence-corrected chi connectivity index (χ3v) is 14.9. The number of aromatic amines is 1. The Hall–Kier alpha value is -4.94. The van der Waals surface area contributed by atoms with Crippen LogP contribution in [0.2, 0.25) is 0 Å². The molecule has 65 heavy (non-hydrogen) atoms. The average molecular weight is 885 g/mol. The summed E-state index contributed by atoms with van der Waals surface area (Å²) in [5.74, 6) is 3.40. The Labute approximate surface area is 386 Å². The monoisotopic (exact) mass is 885 g/mol. The first-order valence-electron chi connectivity index (χ1n) is 24.7. The Morgan fingerprint density at radius 3 is 1.94 bits per heavy atom. The molecule has 2 bridgehead atoms. The molecule has 3 heterocycles. The minimum absolute atomic E-state index is 0.0813. The second kappa shape index (κ2) is 20.7. The zero-order chi connectivity index (χ0) is 44.6. The number of aromatic nitrogens is 1. The van der Waals surface area contributed by atoms with Crippen molar-refractivity contribution in [3.8, 4) is 23.0 Å². The number of para-hydroxylation sites is 5. The van der Waals surface area contributed by atoms with Crippen LogP contribution in [0.3, 0.4) is 0 Å². The lowest BCUT2D eigenvalue weighted by atomic mass is 9.49. The van der Waals surface area contributed by atoms with Gasteiger partial charge in [0.25, 0.3) is 0 Å². The Kier molecular flexibility index (Phi) is 14.4. The van der Waals surface area contributed by atoms with Gasteiger partial charge >= 0.3 is 0 Å². The van der Waals surface area contributed by atoms with Gasteiger partial charge in [0, 0.05) is 48.6 Å². The molecule has 1 spiro atoms. The number of nitrogens with zero attached hydrogens (tertiary/aromatic N) is 1. The average Bonchev–Trinajstić information content (AvgIpc) is 3.97. The summed E-state index contributed by atoms with van der Waals surface area (Å²) in [4.78, 5) is 6.22. The molecule has 2 unspecified atom stereocenters. The second-order valence-corrected chi connectivity index (χ2v) is 19.1. The van der Waals surface area contributed by atoms with Crippen LogP contribution in [-0.2, 0) is 18.3 Å². The summed E-state index contributed by atoms with van der Waals surface area (Å²) < 4.78 is 17.3. The molecule has 0 radical (unpaired) electrons. The number of benzene rings is 4. The highest BCUT2D eigenvalue weighted by Gasteiger charge is 2.72. The first kappa shape index (κ1) is 45.2. The molecular formula is C54H72N6O5. The smallest absolute Gasteiger partial charge is 0.166 e. The molecule has 348 valence electrons. The summed E-state index contributed by atoms with van der Waals surface area (Å²) >= 11 is 0. The van der Waals surface area contributed by atoms with Gasteiger partial charge in [-0.2, -0.15) is 0 Å². The minimum atomic E-state index is -0.908. The number of fused-ring (bicyclic) bond motifs is 4. The number of ether oxygens (including phenoxy) is 3. The first-order chi connectivity index (χ1) is 31.9. The second-order valence-electron chi connectivity index (χ2n) is 19.1. The summed E-state index contributed by atoms with van der Waals surface area (Å²) in [7, 11) is 3.43. The molecule has 5 aliphatic rings. The fourth-order valence-corrected chi connectivity index (χ4v) is 11.5. The maximum absolute atomic E-state index is 12.7. The Morgan fingerprint density at radius 2 is 1.31 bits per heavy atom. The van der Waals surface area contributed by atoms with Gasteiger partial charge in [0.1, 0.15) is 11.5 Å². The molecule has 3 aliphatic carbocycles. The van der Waals surface area contributed by atoms with E-state index in [1.807, 2.05) is 42.5 Å². The van der Waals surface area contributed by atoms with E-state index in [1.165, 1.54) is 67.9 Å².